The maximum atomic E-state index is 11.7. The molecule has 1 atom stereocenters. The van der Waals surface area contributed by atoms with Gasteiger partial charge < -0.3 is 14.5 Å². The quantitative estimate of drug-likeness (QED) is 0.393. The number of rotatable bonds is 5. The number of benzene rings is 1. The van der Waals surface area contributed by atoms with E-state index >= 15 is 0 Å². The van der Waals surface area contributed by atoms with Gasteiger partial charge in [0.25, 0.3) is 0 Å². The first-order valence-electron chi connectivity index (χ1n) is 10.1. The Balaban J connectivity index is 1.69. The molecule has 0 saturated heterocycles. The number of fused-ring (bicyclic) bond motifs is 1. The number of aromatic nitrogens is 1. The molecule has 1 aliphatic rings. The molecule has 0 amide bonds. The maximum Gasteiger partial charge on any atom is 0.337 e. The van der Waals surface area contributed by atoms with E-state index in [4.69, 9.17) is 20.8 Å². The van der Waals surface area contributed by atoms with Crippen LogP contribution in [0.1, 0.15) is 59.8 Å². The summed E-state index contributed by atoms with van der Waals surface area (Å²) < 4.78 is 11.1. The SMILES string of the molecule is COC(=O)c1ccc(NC(c2oc3ccc(Cl)nc3c2C)C2CCCCC2)cc1. The van der Waals surface area contributed by atoms with Crippen LogP contribution >= 0.6 is 11.6 Å². The van der Waals surface area contributed by atoms with Crippen LogP contribution in [0.5, 0.6) is 0 Å². The summed E-state index contributed by atoms with van der Waals surface area (Å²) in [4.78, 5) is 16.2. The first-order valence-corrected chi connectivity index (χ1v) is 10.4. The van der Waals surface area contributed by atoms with E-state index in [9.17, 15) is 4.79 Å². The first-order chi connectivity index (χ1) is 14.1. The van der Waals surface area contributed by atoms with Gasteiger partial charge in [0.2, 0.25) is 0 Å². The third-order valence-corrected chi connectivity index (χ3v) is 6.01. The van der Waals surface area contributed by atoms with Crippen LogP contribution in [0.3, 0.4) is 0 Å². The van der Waals surface area contributed by atoms with E-state index in [0.29, 0.717) is 16.6 Å². The lowest BCUT2D eigenvalue weighted by molar-refractivity contribution is 0.0601. The van der Waals surface area contributed by atoms with Crippen molar-refractivity contribution in [2.75, 3.05) is 12.4 Å². The molecule has 152 valence electrons. The molecule has 5 nitrogen and oxygen atoms in total. The van der Waals surface area contributed by atoms with Crippen molar-refractivity contribution >= 4 is 34.4 Å². The van der Waals surface area contributed by atoms with E-state index in [2.05, 4.69) is 10.3 Å². The topological polar surface area (TPSA) is 64.4 Å². The molecular weight excluding hydrogens is 388 g/mol. The van der Waals surface area contributed by atoms with Crippen LogP contribution in [0.4, 0.5) is 5.69 Å². The van der Waals surface area contributed by atoms with Gasteiger partial charge in [-0.15, -0.1) is 0 Å². The number of esters is 1. The Kier molecular flexibility index (Phi) is 5.76. The lowest BCUT2D eigenvalue weighted by atomic mass is 9.82. The minimum atomic E-state index is -0.337. The number of halogens is 1. The van der Waals surface area contributed by atoms with Crippen LogP contribution in [0.15, 0.2) is 40.8 Å². The highest BCUT2D eigenvalue weighted by Gasteiger charge is 2.30. The van der Waals surface area contributed by atoms with Gasteiger partial charge in [-0.25, -0.2) is 9.78 Å². The number of methoxy groups -OCH3 is 1. The summed E-state index contributed by atoms with van der Waals surface area (Å²) in [5, 5.41) is 4.13. The lowest BCUT2D eigenvalue weighted by Crippen LogP contribution is -2.23. The molecular formula is C23H25ClN2O3. The summed E-state index contributed by atoms with van der Waals surface area (Å²) in [5.74, 6) is 1.05. The predicted molar refractivity (Wildman–Crippen MR) is 114 cm³/mol. The standard InChI is InChI=1S/C23H25ClN2O3/c1-14-20-18(12-13-19(24)26-20)29-22(14)21(15-6-4-3-5-7-15)25-17-10-8-16(9-11-17)23(27)28-2/h8-13,15,21,25H,3-7H2,1-2H3. The zero-order valence-electron chi connectivity index (χ0n) is 16.7. The van der Waals surface area contributed by atoms with Gasteiger partial charge >= 0.3 is 5.97 Å². The predicted octanol–water partition coefficient (Wildman–Crippen LogP) is 6.31. The second kappa shape index (κ2) is 8.46. The van der Waals surface area contributed by atoms with Gasteiger partial charge in [0, 0.05) is 11.3 Å². The Bertz CT molecular complexity index is 1010. The normalized spacial score (nSPS) is 16.0. The van der Waals surface area contributed by atoms with Gasteiger partial charge in [0.1, 0.15) is 16.4 Å². The average molecular weight is 413 g/mol. The van der Waals surface area contributed by atoms with Crippen molar-refractivity contribution < 1.29 is 13.9 Å². The third kappa shape index (κ3) is 4.10. The van der Waals surface area contributed by atoms with Crippen molar-refractivity contribution in [1.82, 2.24) is 4.98 Å². The molecule has 29 heavy (non-hydrogen) atoms. The number of carbonyl (C=O) groups is 1. The molecule has 1 aromatic carbocycles. The highest BCUT2D eigenvalue weighted by molar-refractivity contribution is 6.29. The van der Waals surface area contributed by atoms with Crippen molar-refractivity contribution in [3.05, 3.63) is 58.4 Å². The summed E-state index contributed by atoms with van der Waals surface area (Å²) in [7, 11) is 1.39. The summed E-state index contributed by atoms with van der Waals surface area (Å²) in [6, 6.07) is 11.0. The number of furan rings is 1. The van der Waals surface area contributed by atoms with E-state index in [1.165, 1.54) is 26.4 Å². The molecule has 6 heteroatoms. The molecule has 2 heterocycles. The van der Waals surface area contributed by atoms with Crippen molar-refractivity contribution in [2.45, 2.75) is 45.1 Å². The Hall–Kier alpha value is -2.53. The van der Waals surface area contributed by atoms with Gasteiger partial charge in [-0.05, 0) is 62.1 Å². The average Bonchev–Trinajstić information content (AvgIpc) is 3.08. The minimum absolute atomic E-state index is 0.0345. The van der Waals surface area contributed by atoms with E-state index in [1.807, 2.05) is 25.1 Å². The van der Waals surface area contributed by atoms with Gasteiger partial charge in [-0.1, -0.05) is 30.9 Å². The fourth-order valence-electron chi connectivity index (χ4n) is 4.25. The number of pyridine rings is 1. The third-order valence-electron chi connectivity index (χ3n) is 5.80. The molecule has 1 unspecified atom stereocenters. The smallest absolute Gasteiger partial charge is 0.337 e. The van der Waals surface area contributed by atoms with Crippen LogP contribution in [0.2, 0.25) is 5.15 Å². The maximum absolute atomic E-state index is 11.7. The van der Waals surface area contributed by atoms with Crippen molar-refractivity contribution in [3.63, 3.8) is 0 Å². The highest BCUT2D eigenvalue weighted by atomic mass is 35.5. The molecule has 3 aromatic rings. The number of hydrogen-bond donors (Lipinski definition) is 1. The second-order valence-electron chi connectivity index (χ2n) is 7.66. The number of ether oxygens (including phenoxy) is 1. The van der Waals surface area contributed by atoms with Crippen LogP contribution in [0.25, 0.3) is 11.1 Å². The monoisotopic (exact) mass is 412 g/mol. The Morgan fingerprint density at radius 3 is 2.59 bits per heavy atom. The molecule has 0 aliphatic heterocycles. The van der Waals surface area contributed by atoms with Crippen LogP contribution < -0.4 is 5.32 Å². The number of hydrogen-bond acceptors (Lipinski definition) is 5. The molecule has 0 radical (unpaired) electrons. The van der Waals surface area contributed by atoms with Gasteiger partial charge in [0.15, 0.2) is 5.58 Å². The highest BCUT2D eigenvalue weighted by Crippen LogP contribution is 2.40. The molecule has 1 saturated carbocycles. The van der Waals surface area contributed by atoms with Gasteiger partial charge in [-0.3, -0.25) is 0 Å². The largest absolute Gasteiger partial charge is 0.465 e. The number of aryl methyl sites for hydroxylation is 1. The first kappa shape index (κ1) is 19.8. The molecule has 2 aromatic heterocycles. The summed E-state index contributed by atoms with van der Waals surface area (Å²) in [6.45, 7) is 2.04. The number of carbonyl (C=O) groups excluding carboxylic acids is 1. The number of nitrogens with one attached hydrogen (secondary N) is 1. The molecule has 0 spiro atoms. The molecule has 1 fully saturated rings. The Labute approximate surface area is 175 Å². The Morgan fingerprint density at radius 1 is 1.17 bits per heavy atom. The Morgan fingerprint density at radius 2 is 1.90 bits per heavy atom. The number of nitrogens with zero attached hydrogens (tertiary/aromatic N) is 1. The van der Waals surface area contributed by atoms with Gasteiger partial charge in [0.05, 0.1) is 18.7 Å². The van der Waals surface area contributed by atoms with Crippen molar-refractivity contribution in [3.8, 4) is 0 Å². The molecule has 1 aliphatic carbocycles. The van der Waals surface area contributed by atoms with E-state index in [1.54, 1.807) is 18.2 Å². The van der Waals surface area contributed by atoms with Crippen LogP contribution in [-0.4, -0.2) is 18.1 Å². The molecule has 4 rings (SSSR count). The van der Waals surface area contributed by atoms with Crippen molar-refractivity contribution in [1.29, 1.82) is 0 Å². The fraction of sp³-hybridized carbons (Fsp3) is 0.391. The molecule has 1 N–H and O–H groups in total. The zero-order chi connectivity index (χ0) is 20.4. The summed E-state index contributed by atoms with van der Waals surface area (Å²) >= 11 is 6.10. The fourth-order valence-corrected chi connectivity index (χ4v) is 4.39. The number of anilines is 1. The van der Waals surface area contributed by atoms with Crippen LogP contribution in [0, 0.1) is 12.8 Å². The van der Waals surface area contributed by atoms with Crippen LogP contribution in [-0.2, 0) is 4.74 Å². The minimum Gasteiger partial charge on any atom is -0.465 e. The molecule has 0 bridgehead atoms. The van der Waals surface area contributed by atoms with Crippen molar-refractivity contribution in [2.24, 2.45) is 5.92 Å². The second-order valence-corrected chi connectivity index (χ2v) is 8.05. The van der Waals surface area contributed by atoms with Gasteiger partial charge in [-0.2, -0.15) is 0 Å². The van der Waals surface area contributed by atoms with E-state index in [-0.39, 0.29) is 12.0 Å². The zero-order valence-corrected chi connectivity index (χ0v) is 17.5. The van der Waals surface area contributed by atoms with E-state index in [0.717, 1.165) is 41.0 Å². The summed E-state index contributed by atoms with van der Waals surface area (Å²) in [6.07, 6.45) is 6.06. The summed E-state index contributed by atoms with van der Waals surface area (Å²) in [5.41, 5.74) is 4.07. The lowest BCUT2D eigenvalue weighted by Gasteiger charge is -2.31. The van der Waals surface area contributed by atoms with E-state index < -0.39 is 0 Å².